The van der Waals surface area contributed by atoms with E-state index in [9.17, 15) is 4.79 Å². The lowest BCUT2D eigenvalue weighted by molar-refractivity contribution is 0.794. The molecule has 18 heavy (non-hydrogen) atoms. The highest BCUT2D eigenvalue weighted by Gasteiger charge is 2.09. The van der Waals surface area contributed by atoms with Crippen molar-refractivity contribution in [3.8, 4) is 0 Å². The molecule has 0 bridgehead atoms. The molecule has 0 radical (unpaired) electrons. The number of benzene rings is 1. The highest BCUT2D eigenvalue weighted by atomic mass is 16.1. The summed E-state index contributed by atoms with van der Waals surface area (Å²) >= 11 is 0. The van der Waals surface area contributed by atoms with Crippen molar-refractivity contribution in [1.29, 1.82) is 0 Å². The third-order valence-corrected chi connectivity index (χ3v) is 3.30. The predicted octanol–water partition coefficient (Wildman–Crippen LogP) is 2.52. The lowest BCUT2D eigenvalue weighted by Gasteiger charge is -2.07. The van der Waals surface area contributed by atoms with Gasteiger partial charge in [-0.05, 0) is 23.8 Å². The molecule has 1 aromatic carbocycles. The number of nitrogens with zero attached hydrogens (tertiary/aromatic N) is 2. The van der Waals surface area contributed by atoms with Crippen molar-refractivity contribution in [1.82, 2.24) is 14.6 Å². The summed E-state index contributed by atoms with van der Waals surface area (Å²) in [6.45, 7) is 2.17. The van der Waals surface area contributed by atoms with E-state index in [1.165, 1.54) is 10.9 Å². The smallest absolute Gasteiger partial charge is 0.250 e. The Labute approximate surface area is 104 Å². The molecule has 0 fully saturated rings. The zero-order valence-electron chi connectivity index (χ0n) is 10.3. The molecule has 0 aliphatic carbocycles. The first-order valence-electron chi connectivity index (χ1n) is 6.28. The van der Waals surface area contributed by atoms with Gasteiger partial charge in [0.1, 0.15) is 0 Å². The fraction of sp³-hybridized carbons (Fsp3) is 0.286. The number of fused-ring (bicyclic) bond motifs is 3. The largest absolute Gasteiger partial charge is 0.347 e. The molecule has 4 heteroatoms. The van der Waals surface area contributed by atoms with Gasteiger partial charge in [0.05, 0.1) is 0 Å². The molecular weight excluding hydrogens is 226 g/mol. The van der Waals surface area contributed by atoms with E-state index >= 15 is 0 Å². The van der Waals surface area contributed by atoms with E-state index in [0.717, 1.165) is 24.6 Å². The topological polar surface area (TPSA) is 50.2 Å². The Hall–Kier alpha value is -2.10. The highest BCUT2D eigenvalue weighted by Crippen LogP contribution is 2.22. The van der Waals surface area contributed by atoms with Crippen molar-refractivity contribution in [2.24, 2.45) is 0 Å². The van der Waals surface area contributed by atoms with E-state index in [2.05, 4.69) is 23.2 Å². The summed E-state index contributed by atoms with van der Waals surface area (Å²) in [5.74, 6) is 0. The number of aromatic amines is 1. The maximum atomic E-state index is 11.7. The zero-order valence-corrected chi connectivity index (χ0v) is 10.3. The highest BCUT2D eigenvalue weighted by molar-refractivity contribution is 5.95. The van der Waals surface area contributed by atoms with Crippen LogP contribution in [0.1, 0.15) is 25.3 Å². The summed E-state index contributed by atoms with van der Waals surface area (Å²) in [5.41, 5.74) is 1.74. The van der Waals surface area contributed by atoms with Crippen LogP contribution in [-0.4, -0.2) is 14.6 Å². The van der Waals surface area contributed by atoms with Crippen molar-refractivity contribution in [3.63, 3.8) is 0 Å². The van der Waals surface area contributed by atoms with E-state index < -0.39 is 0 Å². The van der Waals surface area contributed by atoms with E-state index in [-0.39, 0.29) is 5.69 Å². The molecule has 0 spiro atoms. The van der Waals surface area contributed by atoms with Crippen molar-refractivity contribution < 1.29 is 0 Å². The summed E-state index contributed by atoms with van der Waals surface area (Å²) in [6, 6.07) is 8.12. The Balaban J connectivity index is 2.36. The fourth-order valence-electron chi connectivity index (χ4n) is 2.36. The van der Waals surface area contributed by atoms with Crippen molar-refractivity contribution in [2.45, 2.75) is 26.2 Å². The summed E-state index contributed by atoms with van der Waals surface area (Å²) in [7, 11) is 0. The Bertz CT molecular complexity index is 754. The standard InChI is InChI=1S/C14H15N3O/c1-2-3-6-10-9-17-13(15-16-14(17)18)12-8-5-4-7-11(10)12/h4-5,7-9H,2-3,6H2,1H3,(H,16,18). The van der Waals surface area contributed by atoms with Gasteiger partial charge < -0.3 is 0 Å². The Morgan fingerprint density at radius 3 is 2.83 bits per heavy atom. The summed E-state index contributed by atoms with van der Waals surface area (Å²) in [5, 5.41) is 8.83. The van der Waals surface area contributed by atoms with Crippen LogP contribution < -0.4 is 5.69 Å². The first-order chi connectivity index (χ1) is 8.81. The van der Waals surface area contributed by atoms with Crippen LogP contribution in [0.5, 0.6) is 0 Å². The van der Waals surface area contributed by atoms with Gasteiger partial charge in [-0.2, -0.15) is 5.10 Å². The van der Waals surface area contributed by atoms with Crippen LogP contribution in [0.25, 0.3) is 16.4 Å². The Kier molecular flexibility index (Phi) is 2.63. The minimum absolute atomic E-state index is 0.173. The normalized spacial score (nSPS) is 11.4. The molecule has 0 aliphatic rings. The second-order valence-electron chi connectivity index (χ2n) is 4.53. The van der Waals surface area contributed by atoms with Crippen LogP contribution in [-0.2, 0) is 6.42 Å². The molecule has 2 aromatic heterocycles. The minimum atomic E-state index is -0.173. The SMILES string of the molecule is CCCCc1cn2c(=O)[nH]nc2c2ccccc12. The second-order valence-corrected chi connectivity index (χ2v) is 4.53. The minimum Gasteiger partial charge on any atom is -0.250 e. The monoisotopic (exact) mass is 241 g/mol. The first-order valence-corrected chi connectivity index (χ1v) is 6.28. The number of H-pyrrole nitrogens is 1. The molecule has 0 saturated heterocycles. The average molecular weight is 241 g/mol. The third-order valence-electron chi connectivity index (χ3n) is 3.30. The number of aromatic nitrogens is 3. The number of hydrogen-bond donors (Lipinski definition) is 1. The molecule has 0 saturated carbocycles. The van der Waals surface area contributed by atoms with Gasteiger partial charge in [0.2, 0.25) is 0 Å². The molecule has 1 N–H and O–H groups in total. The first kappa shape index (κ1) is 11.0. The average Bonchev–Trinajstić information content (AvgIpc) is 2.78. The van der Waals surface area contributed by atoms with Crippen LogP contribution in [0, 0.1) is 0 Å². The molecule has 0 aliphatic heterocycles. The van der Waals surface area contributed by atoms with Crippen molar-refractivity contribution in [2.75, 3.05) is 0 Å². The molecule has 3 aromatic rings. The van der Waals surface area contributed by atoms with Gasteiger partial charge >= 0.3 is 5.69 Å². The van der Waals surface area contributed by atoms with E-state index in [1.807, 2.05) is 24.4 Å². The summed E-state index contributed by atoms with van der Waals surface area (Å²) in [4.78, 5) is 11.7. The van der Waals surface area contributed by atoms with Gasteiger partial charge in [0, 0.05) is 11.6 Å². The Morgan fingerprint density at radius 1 is 1.28 bits per heavy atom. The lowest BCUT2D eigenvalue weighted by Crippen LogP contribution is -2.10. The maximum absolute atomic E-state index is 11.7. The number of nitrogens with one attached hydrogen (secondary N) is 1. The Morgan fingerprint density at radius 2 is 2.06 bits per heavy atom. The molecular formula is C14H15N3O. The lowest BCUT2D eigenvalue weighted by atomic mass is 10.0. The summed E-state index contributed by atoms with van der Waals surface area (Å²) < 4.78 is 1.60. The van der Waals surface area contributed by atoms with Crippen LogP contribution in [0.15, 0.2) is 35.3 Å². The number of rotatable bonds is 3. The van der Waals surface area contributed by atoms with E-state index in [4.69, 9.17) is 0 Å². The van der Waals surface area contributed by atoms with Gasteiger partial charge in [-0.15, -0.1) is 0 Å². The van der Waals surface area contributed by atoms with Gasteiger partial charge in [0.25, 0.3) is 0 Å². The van der Waals surface area contributed by atoms with Crippen molar-refractivity contribution in [3.05, 3.63) is 46.5 Å². The molecule has 4 nitrogen and oxygen atoms in total. The van der Waals surface area contributed by atoms with Gasteiger partial charge in [-0.1, -0.05) is 37.6 Å². The predicted molar refractivity (Wildman–Crippen MR) is 71.9 cm³/mol. The van der Waals surface area contributed by atoms with Gasteiger partial charge in [-0.3, -0.25) is 0 Å². The zero-order chi connectivity index (χ0) is 12.5. The van der Waals surface area contributed by atoms with Crippen LogP contribution in [0.4, 0.5) is 0 Å². The second kappa shape index (κ2) is 4.29. The number of hydrogen-bond acceptors (Lipinski definition) is 2. The molecule has 0 amide bonds. The van der Waals surface area contributed by atoms with E-state index in [0.29, 0.717) is 5.65 Å². The van der Waals surface area contributed by atoms with Crippen molar-refractivity contribution >= 4 is 16.4 Å². The van der Waals surface area contributed by atoms with Crippen LogP contribution in [0.3, 0.4) is 0 Å². The number of aryl methyl sites for hydroxylation is 1. The third kappa shape index (κ3) is 1.61. The number of pyridine rings is 1. The van der Waals surface area contributed by atoms with Gasteiger partial charge in [0.15, 0.2) is 5.65 Å². The molecule has 92 valence electrons. The summed E-state index contributed by atoms with van der Waals surface area (Å²) in [6.07, 6.45) is 5.18. The van der Waals surface area contributed by atoms with E-state index in [1.54, 1.807) is 4.40 Å². The molecule has 3 rings (SSSR count). The van der Waals surface area contributed by atoms with Crippen LogP contribution >= 0.6 is 0 Å². The number of unbranched alkanes of at least 4 members (excludes halogenated alkanes) is 1. The fourth-order valence-corrected chi connectivity index (χ4v) is 2.36. The van der Waals surface area contributed by atoms with Crippen LogP contribution in [0.2, 0.25) is 0 Å². The molecule has 2 heterocycles. The molecule has 0 unspecified atom stereocenters. The quantitative estimate of drug-likeness (QED) is 0.766. The molecule has 0 atom stereocenters. The maximum Gasteiger partial charge on any atom is 0.347 e. The van der Waals surface area contributed by atoms with Gasteiger partial charge in [-0.25, -0.2) is 14.3 Å².